The SMILES string of the molecule is Clc1ccc(-c2cc3cccnc3nc2N/N=C/c2ccc(Oc3ccccc3)cc2)cc1. The van der Waals surface area contributed by atoms with Crippen LogP contribution in [-0.4, -0.2) is 16.2 Å². The largest absolute Gasteiger partial charge is 0.457 e. The number of hydrazone groups is 1. The molecule has 0 spiro atoms. The Morgan fingerprint density at radius 1 is 0.818 bits per heavy atom. The molecule has 0 amide bonds. The molecule has 0 saturated heterocycles. The highest BCUT2D eigenvalue weighted by atomic mass is 35.5. The first-order valence-corrected chi connectivity index (χ1v) is 10.8. The van der Waals surface area contributed by atoms with Gasteiger partial charge in [-0.25, -0.2) is 9.97 Å². The van der Waals surface area contributed by atoms with Gasteiger partial charge in [-0.15, -0.1) is 0 Å². The second-order valence-electron chi connectivity index (χ2n) is 7.30. The molecule has 0 aliphatic heterocycles. The van der Waals surface area contributed by atoms with Crippen molar-refractivity contribution in [2.24, 2.45) is 5.10 Å². The minimum absolute atomic E-state index is 0.615. The Morgan fingerprint density at radius 2 is 1.58 bits per heavy atom. The van der Waals surface area contributed by atoms with Gasteiger partial charge in [-0.05, 0) is 77.9 Å². The lowest BCUT2D eigenvalue weighted by Crippen LogP contribution is -1.98. The average molecular weight is 451 g/mol. The van der Waals surface area contributed by atoms with E-state index in [0.29, 0.717) is 16.5 Å². The fourth-order valence-corrected chi connectivity index (χ4v) is 3.48. The van der Waals surface area contributed by atoms with Crippen LogP contribution in [0.4, 0.5) is 5.82 Å². The van der Waals surface area contributed by atoms with Gasteiger partial charge in [-0.3, -0.25) is 5.43 Å². The van der Waals surface area contributed by atoms with Crippen LogP contribution in [0, 0.1) is 0 Å². The van der Waals surface area contributed by atoms with Crippen molar-refractivity contribution in [2.75, 3.05) is 5.43 Å². The first kappa shape index (κ1) is 20.7. The number of ether oxygens (including phenoxy) is 1. The van der Waals surface area contributed by atoms with E-state index < -0.39 is 0 Å². The zero-order valence-corrected chi connectivity index (χ0v) is 18.3. The number of nitrogens with one attached hydrogen (secondary N) is 1. The third-order valence-corrected chi connectivity index (χ3v) is 5.24. The van der Waals surface area contributed by atoms with Crippen LogP contribution in [0.5, 0.6) is 11.5 Å². The Kier molecular flexibility index (Phi) is 5.95. The molecule has 33 heavy (non-hydrogen) atoms. The number of hydrogen-bond donors (Lipinski definition) is 1. The minimum Gasteiger partial charge on any atom is -0.457 e. The number of anilines is 1. The first-order valence-electron chi connectivity index (χ1n) is 10.4. The number of hydrogen-bond acceptors (Lipinski definition) is 5. The highest BCUT2D eigenvalue weighted by Gasteiger charge is 2.09. The molecule has 0 bridgehead atoms. The highest BCUT2D eigenvalue weighted by molar-refractivity contribution is 6.30. The van der Waals surface area contributed by atoms with Crippen molar-refractivity contribution in [3.63, 3.8) is 0 Å². The van der Waals surface area contributed by atoms with Crippen molar-refractivity contribution < 1.29 is 4.74 Å². The lowest BCUT2D eigenvalue weighted by Gasteiger charge is -2.10. The number of benzene rings is 3. The molecular formula is C27H19ClN4O. The van der Waals surface area contributed by atoms with Crippen molar-refractivity contribution in [1.82, 2.24) is 9.97 Å². The summed E-state index contributed by atoms with van der Waals surface area (Å²) in [5, 5.41) is 6.04. The quantitative estimate of drug-likeness (QED) is 0.220. The van der Waals surface area contributed by atoms with Gasteiger partial charge >= 0.3 is 0 Å². The number of nitrogens with zero attached hydrogens (tertiary/aromatic N) is 3. The van der Waals surface area contributed by atoms with Gasteiger partial charge in [-0.1, -0.05) is 41.9 Å². The molecule has 2 aromatic heterocycles. The molecule has 6 heteroatoms. The van der Waals surface area contributed by atoms with E-state index in [9.17, 15) is 0 Å². The fourth-order valence-electron chi connectivity index (χ4n) is 3.35. The van der Waals surface area contributed by atoms with E-state index in [2.05, 4.69) is 20.5 Å². The average Bonchev–Trinajstić information content (AvgIpc) is 2.86. The number of aromatic nitrogens is 2. The van der Waals surface area contributed by atoms with Gasteiger partial charge in [0.2, 0.25) is 0 Å². The summed E-state index contributed by atoms with van der Waals surface area (Å²) in [7, 11) is 0. The molecule has 0 atom stereocenters. The maximum atomic E-state index is 6.07. The van der Waals surface area contributed by atoms with E-state index in [4.69, 9.17) is 16.3 Å². The van der Waals surface area contributed by atoms with E-state index in [1.54, 1.807) is 12.4 Å². The molecule has 0 aliphatic rings. The molecular weight excluding hydrogens is 432 g/mol. The van der Waals surface area contributed by atoms with E-state index in [0.717, 1.165) is 33.6 Å². The van der Waals surface area contributed by atoms with E-state index in [-0.39, 0.29) is 0 Å². The van der Waals surface area contributed by atoms with Crippen LogP contribution in [0.3, 0.4) is 0 Å². The van der Waals surface area contributed by atoms with Crippen LogP contribution >= 0.6 is 11.6 Å². The van der Waals surface area contributed by atoms with Gasteiger partial charge in [0.05, 0.1) is 6.21 Å². The second kappa shape index (κ2) is 9.51. The molecule has 0 fully saturated rings. The van der Waals surface area contributed by atoms with E-state index in [1.165, 1.54) is 0 Å². The first-order chi connectivity index (χ1) is 16.2. The Morgan fingerprint density at radius 3 is 2.36 bits per heavy atom. The van der Waals surface area contributed by atoms with E-state index in [1.807, 2.05) is 97.1 Å². The summed E-state index contributed by atoms with van der Waals surface area (Å²) in [6, 6.07) is 30.9. The third kappa shape index (κ3) is 5.00. The second-order valence-corrected chi connectivity index (χ2v) is 7.73. The molecule has 5 nitrogen and oxygen atoms in total. The summed E-state index contributed by atoms with van der Waals surface area (Å²) in [6.07, 6.45) is 3.46. The molecule has 3 aromatic carbocycles. The van der Waals surface area contributed by atoms with Crippen LogP contribution < -0.4 is 10.2 Å². The van der Waals surface area contributed by atoms with Gasteiger partial charge in [0, 0.05) is 22.2 Å². The van der Waals surface area contributed by atoms with Crippen molar-refractivity contribution in [1.29, 1.82) is 0 Å². The maximum Gasteiger partial charge on any atom is 0.161 e. The molecule has 0 aliphatic carbocycles. The normalized spacial score (nSPS) is 11.1. The van der Waals surface area contributed by atoms with E-state index >= 15 is 0 Å². The van der Waals surface area contributed by atoms with Gasteiger partial charge in [-0.2, -0.15) is 5.10 Å². The molecule has 0 saturated carbocycles. The molecule has 5 rings (SSSR count). The van der Waals surface area contributed by atoms with Crippen molar-refractivity contribution in [2.45, 2.75) is 0 Å². The monoisotopic (exact) mass is 450 g/mol. The number of para-hydroxylation sites is 1. The summed E-state index contributed by atoms with van der Waals surface area (Å²) in [6.45, 7) is 0. The van der Waals surface area contributed by atoms with Gasteiger partial charge in [0.15, 0.2) is 11.5 Å². The van der Waals surface area contributed by atoms with Crippen LogP contribution in [0.2, 0.25) is 5.02 Å². The highest BCUT2D eigenvalue weighted by Crippen LogP contribution is 2.30. The molecule has 2 heterocycles. The smallest absolute Gasteiger partial charge is 0.161 e. The van der Waals surface area contributed by atoms with Gasteiger partial charge < -0.3 is 4.74 Å². The Bertz CT molecular complexity index is 1400. The number of halogens is 1. The van der Waals surface area contributed by atoms with Gasteiger partial charge in [0.1, 0.15) is 11.5 Å². The lowest BCUT2D eigenvalue weighted by molar-refractivity contribution is 0.482. The van der Waals surface area contributed by atoms with Gasteiger partial charge in [0.25, 0.3) is 0 Å². The predicted octanol–water partition coefficient (Wildman–Crippen LogP) is 7.19. The van der Waals surface area contributed by atoms with Crippen molar-refractivity contribution in [3.8, 4) is 22.6 Å². The van der Waals surface area contributed by atoms with Crippen LogP contribution in [0.1, 0.15) is 5.56 Å². The molecule has 0 radical (unpaired) electrons. The van der Waals surface area contributed by atoms with Crippen molar-refractivity contribution in [3.05, 3.63) is 114 Å². The molecule has 160 valence electrons. The zero-order valence-electron chi connectivity index (χ0n) is 17.5. The summed E-state index contributed by atoms with van der Waals surface area (Å²) in [5.74, 6) is 2.17. The Balaban J connectivity index is 1.37. The summed E-state index contributed by atoms with van der Waals surface area (Å²) >= 11 is 6.07. The number of rotatable bonds is 6. The van der Waals surface area contributed by atoms with Crippen molar-refractivity contribution >= 4 is 34.7 Å². The fraction of sp³-hybridized carbons (Fsp3) is 0. The van der Waals surface area contributed by atoms with Crippen LogP contribution in [-0.2, 0) is 0 Å². The molecule has 5 aromatic rings. The lowest BCUT2D eigenvalue weighted by atomic mass is 10.1. The number of fused-ring (bicyclic) bond motifs is 1. The maximum absolute atomic E-state index is 6.07. The van der Waals surface area contributed by atoms with Crippen LogP contribution in [0.15, 0.2) is 108 Å². The summed E-state index contributed by atoms with van der Waals surface area (Å²) < 4.78 is 5.83. The standard InChI is InChI=1S/C27H19ClN4O/c28-22-12-10-20(11-13-22)25-17-21-5-4-16-29-26(21)31-27(25)32-30-18-19-8-14-24(15-9-19)33-23-6-2-1-3-7-23/h1-18H,(H,29,31,32)/b30-18+. The summed E-state index contributed by atoms with van der Waals surface area (Å²) in [4.78, 5) is 9.04. The minimum atomic E-state index is 0.615. The third-order valence-electron chi connectivity index (χ3n) is 4.99. The number of pyridine rings is 2. The topological polar surface area (TPSA) is 59.4 Å². The Hall–Kier alpha value is -4.22. The van der Waals surface area contributed by atoms with Crippen LogP contribution in [0.25, 0.3) is 22.2 Å². The molecule has 1 N–H and O–H groups in total. The zero-order chi connectivity index (χ0) is 22.5. The summed E-state index contributed by atoms with van der Waals surface area (Å²) in [5.41, 5.74) is 6.55. The predicted molar refractivity (Wildman–Crippen MR) is 134 cm³/mol. The molecule has 0 unspecified atom stereocenters. The Labute approximate surface area is 196 Å².